The molecule has 0 aromatic carbocycles. The third-order valence-corrected chi connectivity index (χ3v) is 3.71. The van der Waals surface area contributed by atoms with Crippen molar-refractivity contribution in [3.05, 3.63) is 12.4 Å². The largest absolute Gasteiger partial charge is 0.442 e. The van der Waals surface area contributed by atoms with Crippen LogP contribution in [-0.2, 0) is 11.8 Å². The average molecular weight is 308 g/mol. The molecule has 1 fully saturated rings. The molecule has 0 spiro atoms. The third-order valence-electron chi connectivity index (χ3n) is 2.98. The topological polar surface area (TPSA) is 50.2 Å². The Morgan fingerprint density at radius 3 is 2.95 bits per heavy atom. The molecule has 2 rings (SSSR count). The maximum absolute atomic E-state index is 12.0. The molecule has 5 nitrogen and oxygen atoms in total. The van der Waals surface area contributed by atoms with Gasteiger partial charge in [-0.1, -0.05) is 0 Å². The Morgan fingerprint density at radius 1 is 1.60 bits per heavy atom. The standard InChI is InChI=1S/C11H15F3N4OS/c1-17-6-9(4-15-17)18-3-2-8(5-18)16-10(19)7-20-11(12,13)14/h4,6,8H,2-3,5,7H2,1H3,(H,16,19)/t8-/m0/s1. The minimum absolute atomic E-state index is 0.114. The number of anilines is 1. The lowest BCUT2D eigenvalue weighted by Gasteiger charge is -2.17. The van der Waals surface area contributed by atoms with Crippen LogP contribution >= 0.6 is 11.8 Å². The highest BCUT2D eigenvalue weighted by Crippen LogP contribution is 2.29. The summed E-state index contributed by atoms with van der Waals surface area (Å²) >= 11 is -0.313. The van der Waals surface area contributed by atoms with Crippen LogP contribution in [0.5, 0.6) is 0 Å². The van der Waals surface area contributed by atoms with Crippen molar-refractivity contribution >= 4 is 23.4 Å². The van der Waals surface area contributed by atoms with Crippen LogP contribution in [0.15, 0.2) is 12.4 Å². The number of aryl methyl sites for hydroxylation is 1. The van der Waals surface area contributed by atoms with Crippen molar-refractivity contribution in [1.82, 2.24) is 15.1 Å². The Labute approximate surface area is 118 Å². The van der Waals surface area contributed by atoms with E-state index in [9.17, 15) is 18.0 Å². The summed E-state index contributed by atoms with van der Waals surface area (Å²) in [6, 6.07) is -0.114. The van der Waals surface area contributed by atoms with E-state index in [0.717, 1.165) is 18.7 Å². The molecule has 1 N–H and O–H groups in total. The number of thioether (sulfide) groups is 1. The molecule has 1 aromatic heterocycles. The van der Waals surface area contributed by atoms with Gasteiger partial charge in [0.25, 0.3) is 0 Å². The van der Waals surface area contributed by atoms with E-state index in [0.29, 0.717) is 6.54 Å². The highest BCUT2D eigenvalue weighted by molar-refractivity contribution is 8.00. The molecule has 1 amide bonds. The van der Waals surface area contributed by atoms with Gasteiger partial charge in [-0.15, -0.1) is 0 Å². The van der Waals surface area contributed by atoms with Gasteiger partial charge >= 0.3 is 5.51 Å². The molecule has 112 valence electrons. The van der Waals surface area contributed by atoms with E-state index in [4.69, 9.17) is 0 Å². The molecule has 0 bridgehead atoms. The number of aromatic nitrogens is 2. The first-order valence-corrected chi connectivity index (χ1v) is 7.06. The van der Waals surface area contributed by atoms with Gasteiger partial charge < -0.3 is 10.2 Å². The van der Waals surface area contributed by atoms with E-state index >= 15 is 0 Å². The second-order valence-electron chi connectivity index (χ2n) is 4.61. The van der Waals surface area contributed by atoms with E-state index in [1.807, 2.05) is 13.2 Å². The second kappa shape index (κ2) is 5.94. The van der Waals surface area contributed by atoms with E-state index in [2.05, 4.69) is 15.3 Å². The summed E-state index contributed by atoms with van der Waals surface area (Å²) < 4.78 is 37.6. The molecular formula is C11H15F3N4OS. The van der Waals surface area contributed by atoms with Gasteiger partial charge in [0.1, 0.15) is 0 Å². The number of carbonyl (C=O) groups excluding carboxylic acids is 1. The van der Waals surface area contributed by atoms with Crippen LogP contribution in [0.2, 0.25) is 0 Å². The number of hydrogen-bond acceptors (Lipinski definition) is 4. The Bertz CT molecular complexity index is 476. The van der Waals surface area contributed by atoms with E-state index < -0.39 is 17.2 Å². The van der Waals surface area contributed by atoms with Gasteiger partial charge in [-0.05, 0) is 18.2 Å². The molecule has 1 saturated heterocycles. The number of nitrogens with one attached hydrogen (secondary N) is 1. The number of carbonyl (C=O) groups is 1. The molecule has 9 heteroatoms. The van der Waals surface area contributed by atoms with Gasteiger partial charge in [-0.3, -0.25) is 9.48 Å². The lowest BCUT2D eigenvalue weighted by Crippen LogP contribution is -2.38. The lowest BCUT2D eigenvalue weighted by molar-refractivity contribution is -0.119. The summed E-state index contributed by atoms with van der Waals surface area (Å²) in [5, 5.41) is 6.69. The van der Waals surface area contributed by atoms with Crippen LogP contribution in [0.4, 0.5) is 18.9 Å². The molecule has 0 radical (unpaired) electrons. The fourth-order valence-electron chi connectivity index (χ4n) is 2.10. The minimum Gasteiger partial charge on any atom is -0.367 e. The lowest BCUT2D eigenvalue weighted by atomic mass is 10.2. The number of halogens is 3. The maximum atomic E-state index is 12.0. The second-order valence-corrected chi connectivity index (χ2v) is 5.65. The van der Waals surface area contributed by atoms with Gasteiger partial charge in [0.05, 0.1) is 17.6 Å². The quantitative estimate of drug-likeness (QED) is 0.913. The van der Waals surface area contributed by atoms with Crippen molar-refractivity contribution in [3.63, 3.8) is 0 Å². The molecule has 1 aliphatic heterocycles. The average Bonchev–Trinajstić information content (AvgIpc) is 2.94. The van der Waals surface area contributed by atoms with E-state index in [1.54, 1.807) is 10.9 Å². The molecule has 0 unspecified atom stereocenters. The summed E-state index contributed by atoms with van der Waals surface area (Å²) in [6.45, 7) is 1.34. The van der Waals surface area contributed by atoms with Crippen LogP contribution in [0.25, 0.3) is 0 Å². The molecule has 2 heterocycles. The monoisotopic (exact) mass is 308 g/mol. The molecule has 1 atom stereocenters. The highest BCUT2D eigenvalue weighted by Gasteiger charge is 2.30. The van der Waals surface area contributed by atoms with Crippen LogP contribution in [0, 0.1) is 0 Å². The molecular weight excluding hydrogens is 293 g/mol. The van der Waals surface area contributed by atoms with Gasteiger partial charge in [-0.25, -0.2) is 0 Å². The molecule has 20 heavy (non-hydrogen) atoms. The third kappa shape index (κ3) is 4.32. The van der Waals surface area contributed by atoms with Gasteiger partial charge in [-0.2, -0.15) is 18.3 Å². The number of hydrogen-bond donors (Lipinski definition) is 1. The smallest absolute Gasteiger partial charge is 0.367 e. The van der Waals surface area contributed by atoms with Crippen molar-refractivity contribution in [2.45, 2.75) is 18.0 Å². The Hall–Kier alpha value is -1.38. The molecule has 1 aromatic rings. The fraction of sp³-hybridized carbons (Fsp3) is 0.636. The Balaban J connectivity index is 1.77. The van der Waals surface area contributed by atoms with Crippen LogP contribution in [0.3, 0.4) is 0 Å². The summed E-state index contributed by atoms with van der Waals surface area (Å²) in [6.07, 6.45) is 4.31. The molecule has 0 aliphatic carbocycles. The predicted octanol–water partition coefficient (Wildman–Crippen LogP) is 1.37. The highest BCUT2D eigenvalue weighted by atomic mass is 32.2. The summed E-state index contributed by atoms with van der Waals surface area (Å²) in [4.78, 5) is 13.5. The zero-order valence-electron chi connectivity index (χ0n) is 10.9. The summed E-state index contributed by atoms with van der Waals surface area (Å²) in [5.41, 5.74) is -3.41. The first-order chi connectivity index (χ1) is 9.33. The van der Waals surface area contributed by atoms with Crippen molar-refractivity contribution in [2.75, 3.05) is 23.7 Å². The van der Waals surface area contributed by atoms with Crippen molar-refractivity contribution in [2.24, 2.45) is 7.05 Å². The van der Waals surface area contributed by atoms with Crippen molar-refractivity contribution in [1.29, 1.82) is 0 Å². The van der Waals surface area contributed by atoms with Gasteiger partial charge in [0, 0.05) is 32.4 Å². The maximum Gasteiger partial charge on any atom is 0.442 e. The predicted molar refractivity (Wildman–Crippen MR) is 70.5 cm³/mol. The van der Waals surface area contributed by atoms with E-state index in [1.165, 1.54) is 0 Å². The van der Waals surface area contributed by atoms with Gasteiger partial charge in [0.2, 0.25) is 5.91 Å². The van der Waals surface area contributed by atoms with Crippen LogP contribution in [0.1, 0.15) is 6.42 Å². The summed E-state index contributed by atoms with van der Waals surface area (Å²) in [7, 11) is 1.81. The Morgan fingerprint density at radius 2 is 2.35 bits per heavy atom. The first-order valence-electron chi connectivity index (χ1n) is 6.07. The number of amides is 1. The fourth-order valence-corrected chi connectivity index (χ4v) is 2.48. The minimum atomic E-state index is -4.37. The normalized spacial score (nSPS) is 19.4. The first kappa shape index (κ1) is 15.0. The number of rotatable bonds is 4. The Kier molecular flexibility index (Phi) is 4.46. The molecule has 0 saturated carbocycles. The zero-order chi connectivity index (χ0) is 14.8. The van der Waals surface area contributed by atoms with E-state index in [-0.39, 0.29) is 17.8 Å². The number of alkyl halides is 3. The zero-order valence-corrected chi connectivity index (χ0v) is 11.7. The SMILES string of the molecule is Cn1cc(N2CC[C@H](NC(=O)CSC(F)(F)F)C2)cn1. The molecule has 1 aliphatic rings. The van der Waals surface area contributed by atoms with Crippen molar-refractivity contribution in [3.8, 4) is 0 Å². The van der Waals surface area contributed by atoms with Gasteiger partial charge in [0.15, 0.2) is 0 Å². The van der Waals surface area contributed by atoms with Crippen LogP contribution < -0.4 is 10.2 Å². The van der Waals surface area contributed by atoms with Crippen LogP contribution in [-0.4, -0.2) is 46.1 Å². The summed E-state index contributed by atoms with van der Waals surface area (Å²) in [5.74, 6) is -1.17. The number of nitrogens with zero attached hydrogens (tertiary/aromatic N) is 3. The van der Waals surface area contributed by atoms with Crippen molar-refractivity contribution < 1.29 is 18.0 Å².